The molecule has 5 nitrogen and oxygen atoms in total. The van der Waals surface area contributed by atoms with Gasteiger partial charge in [-0.1, -0.05) is 32.9 Å². The Hall–Kier alpha value is -1.16. The van der Waals surface area contributed by atoms with Crippen LogP contribution in [0.15, 0.2) is 18.2 Å². The zero-order valence-electron chi connectivity index (χ0n) is 14.1. The van der Waals surface area contributed by atoms with Crippen molar-refractivity contribution in [1.82, 2.24) is 0 Å². The van der Waals surface area contributed by atoms with Gasteiger partial charge in [-0.15, -0.1) is 0 Å². The zero-order valence-corrected chi connectivity index (χ0v) is 15.0. The van der Waals surface area contributed by atoms with Crippen molar-refractivity contribution < 1.29 is 23.1 Å². The third-order valence-electron chi connectivity index (χ3n) is 3.13. The average molecular weight is 328 g/mol. The molecule has 0 aliphatic carbocycles. The van der Waals surface area contributed by atoms with Crippen LogP contribution in [0.25, 0.3) is 0 Å². The van der Waals surface area contributed by atoms with Crippen LogP contribution in [0, 0.1) is 6.92 Å². The highest BCUT2D eigenvalue weighted by Gasteiger charge is 2.21. The quantitative estimate of drug-likeness (QED) is 0.447. The van der Waals surface area contributed by atoms with Crippen LogP contribution in [-0.4, -0.2) is 26.4 Å². The fraction of sp³-hybridized carbons (Fsp3) is 0.562. The first-order chi connectivity index (χ1) is 10.0. The van der Waals surface area contributed by atoms with Crippen molar-refractivity contribution in [1.29, 1.82) is 0 Å². The Balaban J connectivity index is 2.72. The molecule has 0 heterocycles. The molecular weight excluding hydrogens is 303 g/mol. The molecule has 0 aromatic heterocycles. The van der Waals surface area contributed by atoms with E-state index in [1.54, 1.807) is 0 Å². The molecule has 1 unspecified atom stereocenters. The van der Waals surface area contributed by atoms with E-state index in [1.165, 1.54) is 13.8 Å². The minimum atomic E-state index is -3.06. The van der Waals surface area contributed by atoms with Crippen LogP contribution in [0.2, 0.25) is 0 Å². The lowest BCUT2D eigenvalue weighted by molar-refractivity contribution is -0.135. The van der Waals surface area contributed by atoms with E-state index >= 15 is 0 Å². The Morgan fingerprint density at radius 2 is 1.91 bits per heavy atom. The zero-order chi connectivity index (χ0) is 17.0. The van der Waals surface area contributed by atoms with Gasteiger partial charge >= 0.3 is 13.6 Å². The van der Waals surface area contributed by atoms with Gasteiger partial charge in [0.25, 0.3) is 0 Å². The number of rotatable bonds is 6. The monoisotopic (exact) mass is 328 g/mol. The van der Waals surface area contributed by atoms with Gasteiger partial charge in [-0.2, -0.15) is 0 Å². The van der Waals surface area contributed by atoms with E-state index in [0.717, 1.165) is 11.1 Å². The third kappa shape index (κ3) is 5.91. The standard InChI is InChI=1S/C16H25O5P/c1-12-7-8-13(16(2,3)4)14(11-12)21-15(17)9-10-20-22(6,18)19-5/h7-8,11H,9-10H2,1-6H3. The maximum atomic E-state index is 11.9. The second-order valence-corrected chi connectivity index (χ2v) is 8.43. The number of carbonyl (C=O) groups is 1. The smallest absolute Gasteiger partial charge is 0.327 e. The number of aryl methyl sites for hydroxylation is 1. The van der Waals surface area contributed by atoms with E-state index in [-0.39, 0.29) is 18.4 Å². The molecule has 0 saturated carbocycles. The summed E-state index contributed by atoms with van der Waals surface area (Å²) in [5.74, 6) is 0.135. The van der Waals surface area contributed by atoms with E-state index in [9.17, 15) is 9.36 Å². The van der Waals surface area contributed by atoms with Crippen LogP contribution in [0.4, 0.5) is 0 Å². The molecule has 0 aliphatic heterocycles. The Kier molecular flexibility index (Phi) is 6.36. The number of hydrogen-bond donors (Lipinski definition) is 0. The van der Waals surface area contributed by atoms with Crippen LogP contribution in [-0.2, 0) is 23.8 Å². The second-order valence-electron chi connectivity index (χ2n) is 6.26. The number of ether oxygens (including phenoxy) is 1. The second kappa shape index (κ2) is 7.40. The van der Waals surface area contributed by atoms with E-state index in [1.807, 2.05) is 25.1 Å². The van der Waals surface area contributed by atoms with Crippen molar-refractivity contribution in [2.75, 3.05) is 20.4 Å². The summed E-state index contributed by atoms with van der Waals surface area (Å²) in [6.07, 6.45) is 0.0126. The predicted octanol–water partition coefficient (Wildman–Crippen LogP) is 4.07. The Labute approximate surface area is 132 Å². The molecule has 22 heavy (non-hydrogen) atoms. The van der Waals surface area contributed by atoms with Gasteiger partial charge in [-0.05, 0) is 24.0 Å². The highest BCUT2D eigenvalue weighted by Crippen LogP contribution is 2.42. The van der Waals surface area contributed by atoms with Gasteiger partial charge in [-0.25, -0.2) is 0 Å². The van der Waals surface area contributed by atoms with Gasteiger partial charge in [0.15, 0.2) is 0 Å². The van der Waals surface area contributed by atoms with Gasteiger partial charge in [0, 0.05) is 19.3 Å². The third-order valence-corrected chi connectivity index (χ3v) is 4.45. The van der Waals surface area contributed by atoms with Crippen LogP contribution in [0.5, 0.6) is 5.75 Å². The first-order valence-electron chi connectivity index (χ1n) is 7.15. The van der Waals surface area contributed by atoms with Gasteiger partial charge in [0.05, 0.1) is 13.0 Å². The first-order valence-corrected chi connectivity index (χ1v) is 9.14. The van der Waals surface area contributed by atoms with Gasteiger partial charge in [-0.3, -0.25) is 9.36 Å². The van der Waals surface area contributed by atoms with E-state index in [2.05, 4.69) is 20.8 Å². The summed E-state index contributed by atoms with van der Waals surface area (Å²) in [6.45, 7) is 9.48. The fourth-order valence-corrected chi connectivity index (χ4v) is 2.38. The molecule has 1 aromatic carbocycles. The molecule has 124 valence electrons. The number of esters is 1. The molecule has 0 N–H and O–H groups in total. The molecule has 1 aromatic rings. The molecule has 1 rings (SSSR count). The van der Waals surface area contributed by atoms with Crippen molar-refractivity contribution in [2.24, 2.45) is 0 Å². The number of carbonyl (C=O) groups excluding carboxylic acids is 1. The largest absolute Gasteiger partial charge is 0.426 e. The average Bonchev–Trinajstić information content (AvgIpc) is 2.37. The Morgan fingerprint density at radius 1 is 1.27 bits per heavy atom. The summed E-state index contributed by atoms with van der Waals surface area (Å²) in [5, 5.41) is 0. The van der Waals surface area contributed by atoms with E-state index in [0.29, 0.717) is 5.75 Å². The van der Waals surface area contributed by atoms with E-state index in [4.69, 9.17) is 13.8 Å². The SMILES string of the molecule is COP(C)(=O)OCCC(=O)Oc1cc(C)ccc1C(C)(C)C. The number of hydrogen-bond acceptors (Lipinski definition) is 5. The van der Waals surface area contributed by atoms with E-state index < -0.39 is 13.6 Å². The molecule has 0 saturated heterocycles. The van der Waals surface area contributed by atoms with Crippen molar-refractivity contribution in [3.05, 3.63) is 29.3 Å². The lowest BCUT2D eigenvalue weighted by atomic mass is 9.86. The van der Waals surface area contributed by atoms with Gasteiger partial charge < -0.3 is 13.8 Å². The molecule has 6 heteroatoms. The predicted molar refractivity (Wildman–Crippen MR) is 86.6 cm³/mol. The highest BCUT2D eigenvalue weighted by atomic mass is 31.2. The van der Waals surface area contributed by atoms with Gasteiger partial charge in [0.1, 0.15) is 5.75 Å². The summed E-state index contributed by atoms with van der Waals surface area (Å²) < 4.78 is 26.7. The number of benzene rings is 1. The summed E-state index contributed by atoms with van der Waals surface area (Å²) >= 11 is 0. The van der Waals surface area contributed by atoms with Crippen LogP contribution >= 0.6 is 7.60 Å². The lowest BCUT2D eigenvalue weighted by Crippen LogP contribution is -2.17. The van der Waals surface area contributed by atoms with Crippen LogP contribution < -0.4 is 4.74 Å². The van der Waals surface area contributed by atoms with Crippen molar-refractivity contribution in [3.63, 3.8) is 0 Å². The molecule has 0 spiro atoms. The molecular formula is C16H25O5P. The van der Waals surface area contributed by atoms with Crippen LogP contribution in [0.3, 0.4) is 0 Å². The van der Waals surface area contributed by atoms with Crippen molar-refractivity contribution in [3.8, 4) is 5.75 Å². The summed E-state index contributed by atoms with van der Waals surface area (Å²) in [4.78, 5) is 11.9. The van der Waals surface area contributed by atoms with Crippen molar-refractivity contribution >= 4 is 13.6 Å². The maximum Gasteiger partial charge on any atom is 0.327 e. The molecule has 0 amide bonds. The molecule has 0 aliphatic rings. The molecule has 0 bridgehead atoms. The minimum Gasteiger partial charge on any atom is -0.426 e. The first kappa shape index (κ1) is 18.9. The Morgan fingerprint density at radius 3 is 2.45 bits per heavy atom. The molecule has 1 atom stereocenters. The maximum absolute atomic E-state index is 11.9. The summed E-state index contributed by atoms with van der Waals surface area (Å²) in [6, 6.07) is 5.81. The Bertz CT molecular complexity index is 574. The molecule has 0 radical (unpaired) electrons. The molecule has 0 fully saturated rings. The van der Waals surface area contributed by atoms with Crippen LogP contribution in [0.1, 0.15) is 38.3 Å². The normalized spacial score (nSPS) is 14.5. The topological polar surface area (TPSA) is 61.8 Å². The summed E-state index contributed by atoms with van der Waals surface area (Å²) in [5.41, 5.74) is 1.85. The lowest BCUT2D eigenvalue weighted by Gasteiger charge is -2.22. The summed E-state index contributed by atoms with van der Waals surface area (Å²) in [7, 11) is -1.76. The minimum absolute atomic E-state index is 0.00286. The van der Waals surface area contributed by atoms with Crippen molar-refractivity contribution in [2.45, 2.75) is 39.5 Å². The highest BCUT2D eigenvalue weighted by molar-refractivity contribution is 7.52. The fourth-order valence-electron chi connectivity index (χ4n) is 1.85. The van der Waals surface area contributed by atoms with Gasteiger partial charge in [0.2, 0.25) is 0 Å².